The molecule has 3 aliphatic rings. The van der Waals surface area contributed by atoms with Crippen LogP contribution in [0.25, 0.3) is 0 Å². The van der Waals surface area contributed by atoms with Crippen LogP contribution >= 0.6 is 0 Å². The predicted molar refractivity (Wildman–Crippen MR) is 120 cm³/mol. The average molecular weight is 440 g/mol. The third-order valence-corrected chi connectivity index (χ3v) is 7.12. The number of hydrogen-bond acceptors (Lipinski definition) is 4. The van der Waals surface area contributed by atoms with Crippen LogP contribution in [-0.2, 0) is 9.59 Å². The fourth-order valence-corrected chi connectivity index (χ4v) is 5.27. The summed E-state index contributed by atoms with van der Waals surface area (Å²) in [5.74, 6) is -0.900. The lowest BCUT2D eigenvalue weighted by atomic mass is 9.88. The molecule has 4 amide bonds. The number of likely N-dealkylation sites (tertiary alicyclic amines) is 1. The molecule has 7 nitrogen and oxygen atoms in total. The largest absolute Gasteiger partial charge is 0.353 e. The zero-order valence-corrected chi connectivity index (χ0v) is 19.0. The van der Waals surface area contributed by atoms with Crippen LogP contribution in [-0.4, -0.2) is 58.6 Å². The molecule has 7 heteroatoms. The minimum absolute atomic E-state index is 0.0743. The Balaban J connectivity index is 1.38. The molecule has 0 radical (unpaired) electrons. The Morgan fingerprint density at radius 1 is 0.906 bits per heavy atom. The van der Waals surface area contributed by atoms with Crippen LogP contribution in [0.15, 0.2) is 24.3 Å². The number of nitrogens with one attached hydrogen (secondary N) is 1. The highest BCUT2D eigenvalue weighted by Crippen LogP contribution is 2.29. The standard InChI is InChI=1S/C25H33N3O4/c1-16(2)21(28-23(30)19-10-6-7-11-20(19)24(28)31)25(32)27-14-12-18(13-15-27)26-22(29)17-8-4-3-5-9-17/h6-7,10-11,16-18,21H,3-5,8-9,12-15H2,1-2H3,(H,26,29). The van der Waals surface area contributed by atoms with Gasteiger partial charge in [-0.25, -0.2) is 0 Å². The molecule has 1 N–H and O–H groups in total. The number of nitrogens with zero attached hydrogens (tertiary/aromatic N) is 2. The van der Waals surface area contributed by atoms with Gasteiger partial charge in [-0.15, -0.1) is 0 Å². The van der Waals surface area contributed by atoms with Crippen LogP contribution in [0.2, 0.25) is 0 Å². The molecule has 1 aromatic rings. The van der Waals surface area contributed by atoms with Gasteiger partial charge >= 0.3 is 0 Å². The van der Waals surface area contributed by atoms with Crippen molar-refractivity contribution in [2.24, 2.45) is 11.8 Å². The molecular weight excluding hydrogens is 406 g/mol. The molecule has 1 saturated heterocycles. The first kappa shape index (κ1) is 22.5. The maximum Gasteiger partial charge on any atom is 0.262 e. The Hall–Kier alpha value is -2.70. The lowest BCUT2D eigenvalue weighted by Gasteiger charge is -2.38. The third-order valence-electron chi connectivity index (χ3n) is 7.12. The van der Waals surface area contributed by atoms with E-state index in [0.29, 0.717) is 37.1 Å². The summed E-state index contributed by atoms with van der Waals surface area (Å²) in [6.45, 7) is 4.76. The SMILES string of the molecule is CC(C)C(C(=O)N1CCC(NC(=O)C2CCCCC2)CC1)N1C(=O)c2ccccc2C1=O. The predicted octanol–water partition coefficient (Wildman–Crippen LogP) is 2.99. The van der Waals surface area contributed by atoms with Crippen LogP contribution < -0.4 is 5.32 Å². The third kappa shape index (κ3) is 4.30. The maximum atomic E-state index is 13.4. The number of piperidine rings is 1. The molecule has 1 aliphatic carbocycles. The molecule has 1 unspecified atom stereocenters. The van der Waals surface area contributed by atoms with Gasteiger partial charge in [0.05, 0.1) is 11.1 Å². The van der Waals surface area contributed by atoms with Gasteiger partial charge in [0.15, 0.2) is 0 Å². The number of benzene rings is 1. The summed E-state index contributed by atoms with van der Waals surface area (Å²) >= 11 is 0. The fraction of sp³-hybridized carbons (Fsp3) is 0.600. The van der Waals surface area contributed by atoms with E-state index in [-0.39, 0.29) is 29.7 Å². The van der Waals surface area contributed by atoms with Crippen molar-refractivity contribution in [2.75, 3.05) is 13.1 Å². The Morgan fingerprint density at radius 3 is 2.00 bits per heavy atom. The Bertz CT molecular complexity index is 863. The second kappa shape index (κ2) is 9.43. The molecule has 1 saturated carbocycles. The van der Waals surface area contributed by atoms with Crippen LogP contribution in [0.3, 0.4) is 0 Å². The van der Waals surface area contributed by atoms with Crippen molar-refractivity contribution in [3.05, 3.63) is 35.4 Å². The summed E-state index contributed by atoms with van der Waals surface area (Å²) in [6, 6.07) is 5.98. The molecule has 172 valence electrons. The molecule has 0 bridgehead atoms. The maximum absolute atomic E-state index is 13.4. The van der Waals surface area contributed by atoms with Crippen molar-refractivity contribution in [1.29, 1.82) is 0 Å². The lowest BCUT2D eigenvalue weighted by molar-refractivity contribution is -0.138. The van der Waals surface area contributed by atoms with Crippen LogP contribution in [0.5, 0.6) is 0 Å². The van der Waals surface area contributed by atoms with E-state index in [9.17, 15) is 19.2 Å². The summed E-state index contributed by atoms with van der Waals surface area (Å²) in [5.41, 5.74) is 0.722. The van der Waals surface area contributed by atoms with Gasteiger partial charge in [0.25, 0.3) is 11.8 Å². The topological polar surface area (TPSA) is 86.8 Å². The number of fused-ring (bicyclic) bond motifs is 1. The van der Waals surface area contributed by atoms with Gasteiger partial charge in [0, 0.05) is 25.0 Å². The van der Waals surface area contributed by atoms with E-state index in [1.165, 1.54) is 6.42 Å². The summed E-state index contributed by atoms with van der Waals surface area (Å²) in [4.78, 5) is 54.8. The molecule has 0 aromatic heterocycles. The number of hydrogen-bond donors (Lipinski definition) is 1. The van der Waals surface area contributed by atoms with E-state index in [4.69, 9.17) is 0 Å². The molecule has 32 heavy (non-hydrogen) atoms. The number of rotatable bonds is 5. The highest BCUT2D eigenvalue weighted by atomic mass is 16.2. The van der Waals surface area contributed by atoms with Crippen LogP contribution in [0, 0.1) is 11.8 Å². The van der Waals surface area contributed by atoms with Crippen molar-refractivity contribution < 1.29 is 19.2 Å². The van der Waals surface area contributed by atoms with Crippen molar-refractivity contribution >= 4 is 23.6 Å². The Labute approximate surface area is 189 Å². The second-order valence-electron chi connectivity index (χ2n) is 9.66. The molecule has 1 aromatic carbocycles. The van der Waals surface area contributed by atoms with Gasteiger partial charge in [0.2, 0.25) is 11.8 Å². The normalized spacial score (nSPS) is 21.1. The van der Waals surface area contributed by atoms with Gasteiger partial charge in [-0.2, -0.15) is 0 Å². The van der Waals surface area contributed by atoms with E-state index in [0.717, 1.165) is 30.6 Å². The molecule has 2 fully saturated rings. The molecule has 2 aliphatic heterocycles. The van der Waals surface area contributed by atoms with Crippen molar-refractivity contribution in [2.45, 2.75) is 70.9 Å². The first-order valence-corrected chi connectivity index (χ1v) is 11.9. The fourth-order valence-electron chi connectivity index (χ4n) is 5.27. The van der Waals surface area contributed by atoms with E-state index in [1.54, 1.807) is 29.2 Å². The number of imide groups is 1. The zero-order chi connectivity index (χ0) is 22.8. The smallest absolute Gasteiger partial charge is 0.262 e. The van der Waals surface area contributed by atoms with Crippen molar-refractivity contribution in [3.8, 4) is 0 Å². The molecule has 1 atom stereocenters. The Kier molecular flexibility index (Phi) is 6.63. The summed E-state index contributed by atoms with van der Waals surface area (Å²) in [7, 11) is 0. The molecule has 4 rings (SSSR count). The van der Waals surface area contributed by atoms with E-state index < -0.39 is 17.9 Å². The second-order valence-corrected chi connectivity index (χ2v) is 9.66. The first-order valence-electron chi connectivity index (χ1n) is 11.9. The van der Waals surface area contributed by atoms with Gasteiger partial charge in [-0.05, 0) is 43.7 Å². The van der Waals surface area contributed by atoms with Gasteiger partial charge in [0.1, 0.15) is 6.04 Å². The summed E-state index contributed by atoms with van der Waals surface area (Å²) < 4.78 is 0. The number of carbonyl (C=O) groups is 4. The van der Waals surface area contributed by atoms with Gasteiger partial charge < -0.3 is 10.2 Å². The number of amides is 4. The van der Waals surface area contributed by atoms with Gasteiger partial charge in [-0.3, -0.25) is 24.1 Å². The lowest BCUT2D eigenvalue weighted by Crippen LogP contribution is -2.56. The monoisotopic (exact) mass is 439 g/mol. The minimum atomic E-state index is -0.823. The van der Waals surface area contributed by atoms with E-state index in [2.05, 4.69) is 5.32 Å². The molecular formula is C25H33N3O4. The highest BCUT2D eigenvalue weighted by molar-refractivity contribution is 6.22. The van der Waals surface area contributed by atoms with Crippen molar-refractivity contribution in [3.63, 3.8) is 0 Å². The quantitative estimate of drug-likeness (QED) is 0.715. The van der Waals surface area contributed by atoms with Crippen LogP contribution in [0.1, 0.15) is 79.5 Å². The number of carbonyl (C=O) groups excluding carboxylic acids is 4. The van der Waals surface area contributed by atoms with Crippen molar-refractivity contribution in [1.82, 2.24) is 15.1 Å². The first-order chi connectivity index (χ1) is 15.4. The Morgan fingerprint density at radius 2 is 1.47 bits per heavy atom. The highest BCUT2D eigenvalue weighted by Gasteiger charge is 2.45. The van der Waals surface area contributed by atoms with E-state index in [1.807, 2.05) is 13.8 Å². The zero-order valence-electron chi connectivity index (χ0n) is 19.0. The molecule has 0 spiro atoms. The summed E-state index contributed by atoms with van der Waals surface area (Å²) in [5, 5.41) is 3.19. The van der Waals surface area contributed by atoms with E-state index >= 15 is 0 Å². The minimum Gasteiger partial charge on any atom is -0.353 e. The van der Waals surface area contributed by atoms with Crippen LogP contribution in [0.4, 0.5) is 0 Å². The van der Waals surface area contributed by atoms with Gasteiger partial charge in [-0.1, -0.05) is 45.2 Å². The molecule has 2 heterocycles. The average Bonchev–Trinajstić information content (AvgIpc) is 3.05. The summed E-state index contributed by atoms with van der Waals surface area (Å²) in [6.07, 6.45) is 6.79.